The predicted molar refractivity (Wildman–Crippen MR) is 104 cm³/mol. The number of hydrogen-bond donors (Lipinski definition) is 2. The molecule has 10 heteroatoms. The SMILES string of the molecule is COc1nc(-c2ccnc(Cl)c2Cl)ccc1CN(CC1CCC(=O)N1)C(=O)O. The molecular formula is C18H18Cl2N4O4. The second kappa shape index (κ2) is 8.62. The lowest BCUT2D eigenvalue weighted by Crippen LogP contribution is -2.41. The predicted octanol–water partition coefficient (Wildman–Crippen LogP) is 3.22. The lowest BCUT2D eigenvalue weighted by molar-refractivity contribution is -0.119. The monoisotopic (exact) mass is 424 g/mol. The van der Waals surface area contributed by atoms with Gasteiger partial charge in [0.25, 0.3) is 0 Å². The van der Waals surface area contributed by atoms with E-state index in [4.69, 9.17) is 27.9 Å². The Balaban J connectivity index is 1.83. The zero-order valence-corrected chi connectivity index (χ0v) is 16.5. The highest BCUT2D eigenvalue weighted by Crippen LogP contribution is 2.32. The molecule has 0 saturated carbocycles. The minimum atomic E-state index is -1.09. The van der Waals surface area contributed by atoms with E-state index in [1.54, 1.807) is 18.2 Å². The van der Waals surface area contributed by atoms with Crippen molar-refractivity contribution in [2.24, 2.45) is 0 Å². The van der Waals surface area contributed by atoms with Gasteiger partial charge in [0.15, 0.2) is 0 Å². The van der Waals surface area contributed by atoms with Gasteiger partial charge in [-0.1, -0.05) is 23.2 Å². The lowest BCUT2D eigenvalue weighted by Gasteiger charge is -2.23. The first kappa shape index (κ1) is 20.2. The molecule has 0 radical (unpaired) electrons. The Labute approximate surface area is 171 Å². The van der Waals surface area contributed by atoms with Crippen LogP contribution >= 0.6 is 23.2 Å². The van der Waals surface area contributed by atoms with Crippen LogP contribution in [-0.2, 0) is 11.3 Å². The third-order valence-electron chi connectivity index (χ3n) is 4.41. The van der Waals surface area contributed by atoms with Crippen LogP contribution in [0.15, 0.2) is 24.4 Å². The summed E-state index contributed by atoms with van der Waals surface area (Å²) in [4.78, 5) is 32.6. The third kappa shape index (κ3) is 4.45. The first-order valence-electron chi connectivity index (χ1n) is 8.50. The first-order chi connectivity index (χ1) is 13.4. The summed E-state index contributed by atoms with van der Waals surface area (Å²) >= 11 is 12.2. The summed E-state index contributed by atoms with van der Waals surface area (Å²) in [6.07, 6.45) is 1.45. The van der Waals surface area contributed by atoms with Gasteiger partial charge < -0.3 is 20.1 Å². The van der Waals surface area contributed by atoms with Crippen molar-refractivity contribution in [3.05, 3.63) is 40.1 Å². The number of carbonyl (C=O) groups is 2. The van der Waals surface area contributed by atoms with Crippen LogP contribution in [0.3, 0.4) is 0 Å². The highest BCUT2D eigenvalue weighted by Gasteiger charge is 2.26. The molecule has 1 aliphatic rings. The molecule has 1 aliphatic heterocycles. The van der Waals surface area contributed by atoms with Crippen LogP contribution in [-0.4, -0.2) is 51.7 Å². The number of methoxy groups -OCH3 is 1. The van der Waals surface area contributed by atoms with E-state index >= 15 is 0 Å². The van der Waals surface area contributed by atoms with Crippen molar-refractivity contribution in [3.63, 3.8) is 0 Å². The van der Waals surface area contributed by atoms with Gasteiger partial charge in [0, 0.05) is 36.3 Å². The number of hydrogen-bond acceptors (Lipinski definition) is 5. The second-order valence-electron chi connectivity index (χ2n) is 6.29. The lowest BCUT2D eigenvalue weighted by atomic mass is 10.1. The average molecular weight is 425 g/mol. The molecular weight excluding hydrogens is 407 g/mol. The van der Waals surface area contributed by atoms with Crippen molar-refractivity contribution >= 4 is 35.2 Å². The molecule has 1 atom stereocenters. The minimum Gasteiger partial charge on any atom is -0.481 e. The highest BCUT2D eigenvalue weighted by atomic mass is 35.5. The molecule has 1 fully saturated rings. The molecule has 1 saturated heterocycles. The molecule has 0 bridgehead atoms. The van der Waals surface area contributed by atoms with Gasteiger partial charge in [-0.3, -0.25) is 4.79 Å². The minimum absolute atomic E-state index is 0.0631. The van der Waals surface area contributed by atoms with E-state index in [2.05, 4.69) is 15.3 Å². The summed E-state index contributed by atoms with van der Waals surface area (Å²) in [5, 5.41) is 12.7. The summed E-state index contributed by atoms with van der Waals surface area (Å²) in [5.74, 6) is 0.218. The Kier molecular flexibility index (Phi) is 6.21. The van der Waals surface area contributed by atoms with E-state index in [1.807, 2.05) is 0 Å². The molecule has 148 valence electrons. The molecule has 1 unspecified atom stereocenters. The van der Waals surface area contributed by atoms with Gasteiger partial charge in [-0.2, -0.15) is 0 Å². The van der Waals surface area contributed by atoms with Crippen molar-refractivity contribution in [3.8, 4) is 17.1 Å². The van der Waals surface area contributed by atoms with Crippen molar-refractivity contribution in [2.75, 3.05) is 13.7 Å². The van der Waals surface area contributed by atoms with Gasteiger partial charge in [0.05, 0.1) is 24.4 Å². The maximum absolute atomic E-state index is 11.7. The van der Waals surface area contributed by atoms with Gasteiger partial charge in [0.2, 0.25) is 11.8 Å². The molecule has 28 heavy (non-hydrogen) atoms. The Hall–Kier alpha value is -2.58. The summed E-state index contributed by atoms with van der Waals surface area (Å²) in [5.41, 5.74) is 1.71. The topological polar surface area (TPSA) is 105 Å². The van der Waals surface area contributed by atoms with Crippen LogP contribution in [0, 0.1) is 0 Å². The fourth-order valence-electron chi connectivity index (χ4n) is 3.03. The van der Waals surface area contributed by atoms with Crippen LogP contribution < -0.4 is 10.1 Å². The Morgan fingerprint density at radius 1 is 1.39 bits per heavy atom. The fraction of sp³-hybridized carbons (Fsp3) is 0.333. The number of carboxylic acid groups (broad SMARTS) is 1. The Morgan fingerprint density at radius 3 is 2.82 bits per heavy atom. The van der Waals surface area contributed by atoms with Gasteiger partial charge in [-0.25, -0.2) is 14.8 Å². The number of amides is 2. The second-order valence-corrected chi connectivity index (χ2v) is 7.03. The molecule has 2 aromatic rings. The van der Waals surface area contributed by atoms with Gasteiger partial charge in [-0.05, 0) is 24.6 Å². The van der Waals surface area contributed by atoms with Crippen LogP contribution in [0.1, 0.15) is 18.4 Å². The average Bonchev–Trinajstić information content (AvgIpc) is 3.08. The van der Waals surface area contributed by atoms with Gasteiger partial charge in [0.1, 0.15) is 5.15 Å². The van der Waals surface area contributed by atoms with E-state index in [-0.39, 0.29) is 41.1 Å². The van der Waals surface area contributed by atoms with Gasteiger partial charge >= 0.3 is 6.09 Å². The Morgan fingerprint density at radius 2 is 2.18 bits per heavy atom. The quantitative estimate of drug-likeness (QED) is 0.689. The van der Waals surface area contributed by atoms with Crippen LogP contribution in [0.2, 0.25) is 10.2 Å². The first-order valence-corrected chi connectivity index (χ1v) is 9.26. The largest absolute Gasteiger partial charge is 0.481 e. The molecule has 2 amide bonds. The number of halogens is 2. The smallest absolute Gasteiger partial charge is 0.407 e. The number of nitrogens with one attached hydrogen (secondary N) is 1. The molecule has 2 N–H and O–H groups in total. The summed E-state index contributed by atoms with van der Waals surface area (Å²) in [7, 11) is 1.46. The number of rotatable bonds is 6. The summed E-state index contributed by atoms with van der Waals surface area (Å²) in [6.45, 7) is 0.265. The maximum atomic E-state index is 11.7. The zero-order chi connectivity index (χ0) is 20.3. The van der Waals surface area contributed by atoms with Crippen molar-refractivity contribution in [1.29, 1.82) is 0 Å². The zero-order valence-electron chi connectivity index (χ0n) is 15.0. The van der Waals surface area contributed by atoms with Crippen LogP contribution in [0.25, 0.3) is 11.3 Å². The molecule has 0 aromatic carbocycles. The van der Waals surface area contributed by atoms with Crippen molar-refractivity contribution in [1.82, 2.24) is 20.2 Å². The van der Waals surface area contributed by atoms with Crippen molar-refractivity contribution < 1.29 is 19.4 Å². The molecule has 0 spiro atoms. The van der Waals surface area contributed by atoms with Crippen LogP contribution in [0.4, 0.5) is 4.79 Å². The molecule has 3 heterocycles. The summed E-state index contributed by atoms with van der Waals surface area (Å²) < 4.78 is 5.35. The van der Waals surface area contributed by atoms with Crippen molar-refractivity contribution in [2.45, 2.75) is 25.4 Å². The molecule has 0 aliphatic carbocycles. The molecule has 8 nitrogen and oxygen atoms in total. The van der Waals surface area contributed by atoms with E-state index in [9.17, 15) is 14.7 Å². The Bertz CT molecular complexity index is 909. The number of nitrogens with zero attached hydrogens (tertiary/aromatic N) is 3. The number of carbonyl (C=O) groups excluding carboxylic acids is 1. The summed E-state index contributed by atoms with van der Waals surface area (Å²) in [6, 6.07) is 4.93. The van der Waals surface area contributed by atoms with E-state index < -0.39 is 6.09 Å². The molecule has 2 aromatic heterocycles. The number of pyridine rings is 2. The third-order valence-corrected chi connectivity index (χ3v) is 5.18. The molecule has 3 rings (SSSR count). The van der Waals surface area contributed by atoms with E-state index in [0.717, 1.165) is 0 Å². The normalized spacial score (nSPS) is 16.0. The van der Waals surface area contributed by atoms with Gasteiger partial charge in [-0.15, -0.1) is 0 Å². The maximum Gasteiger partial charge on any atom is 0.407 e. The van der Waals surface area contributed by atoms with Crippen LogP contribution in [0.5, 0.6) is 5.88 Å². The number of ether oxygens (including phenoxy) is 1. The van der Waals surface area contributed by atoms with E-state index in [1.165, 1.54) is 18.2 Å². The number of aromatic nitrogens is 2. The van der Waals surface area contributed by atoms with E-state index in [0.29, 0.717) is 29.7 Å². The standard InChI is InChI=1S/C18H18Cl2N4O4/c1-28-17-10(8-24(18(26)27)9-11-3-5-14(25)22-11)2-4-13(23-17)12-6-7-21-16(20)15(12)19/h2,4,6-7,11H,3,5,8-9H2,1H3,(H,22,25)(H,26,27). The fourth-order valence-corrected chi connectivity index (χ4v) is 3.40. The highest BCUT2D eigenvalue weighted by molar-refractivity contribution is 6.42.